The molecule has 1 aromatic carbocycles. The molecule has 2 aromatic rings. The Morgan fingerprint density at radius 1 is 1.35 bits per heavy atom. The van der Waals surface area contributed by atoms with E-state index in [4.69, 9.17) is 4.74 Å². The van der Waals surface area contributed by atoms with E-state index in [2.05, 4.69) is 27.5 Å². The number of rotatable bonds is 7. The third kappa shape index (κ3) is 6.89. The van der Waals surface area contributed by atoms with Crippen LogP contribution in [-0.4, -0.2) is 35.7 Å². The van der Waals surface area contributed by atoms with E-state index in [1.165, 1.54) is 0 Å². The van der Waals surface area contributed by atoms with E-state index in [0.29, 0.717) is 6.54 Å². The van der Waals surface area contributed by atoms with E-state index in [1.54, 1.807) is 13.3 Å². The van der Waals surface area contributed by atoms with Gasteiger partial charge in [0.2, 0.25) is 0 Å². The number of nitrogens with one attached hydrogen (secondary N) is 2. The Labute approximate surface area is 154 Å². The number of aliphatic imine (C=N–C) groups is 1. The van der Waals surface area contributed by atoms with E-state index in [1.807, 2.05) is 41.4 Å². The highest BCUT2D eigenvalue weighted by molar-refractivity contribution is 14.0. The number of imidazole rings is 1. The number of nitrogens with zero attached hydrogens (tertiary/aromatic N) is 3. The van der Waals surface area contributed by atoms with Crippen LogP contribution < -0.4 is 15.4 Å². The largest absolute Gasteiger partial charge is 0.497 e. The van der Waals surface area contributed by atoms with Gasteiger partial charge in [-0.25, -0.2) is 9.98 Å². The van der Waals surface area contributed by atoms with Gasteiger partial charge in [-0.15, -0.1) is 24.0 Å². The van der Waals surface area contributed by atoms with Gasteiger partial charge in [-0.05, 0) is 24.6 Å². The maximum absolute atomic E-state index is 5.23. The summed E-state index contributed by atoms with van der Waals surface area (Å²) in [5, 5.41) is 6.56. The topological polar surface area (TPSA) is 63.5 Å². The number of hydrogen-bond donors (Lipinski definition) is 2. The first-order chi connectivity index (χ1) is 10.8. The zero-order valence-corrected chi connectivity index (χ0v) is 15.9. The summed E-state index contributed by atoms with van der Waals surface area (Å²) in [6.45, 7) is 5.13. The summed E-state index contributed by atoms with van der Waals surface area (Å²) in [5.74, 6) is 1.66. The van der Waals surface area contributed by atoms with E-state index in [9.17, 15) is 0 Å². The van der Waals surface area contributed by atoms with Crippen LogP contribution in [0.25, 0.3) is 0 Å². The van der Waals surface area contributed by atoms with E-state index in [-0.39, 0.29) is 24.0 Å². The normalized spacial score (nSPS) is 10.8. The third-order valence-electron chi connectivity index (χ3n) is 3.12. The minimum Gasteiger partial charge on any atom is -0.497 e. The van der Waals surface area contributed by atoms with Crippen LogP contribution in [0, 0.1) is 0 Å². The molecule has 0 saturated heterocycles. The molecule has 126 valence electrons. The van der Waals surface area contributed by atoms with E-state index < -0.39 is 0 Å². The van der Waals surface area contributed by atoms with Crippen LogP contribution in [0.1, 0.15) is 12.5 Å². The Morgan fingerprint density at radius 3 is 2.91 bits per heavy atom. The van der Waals surface area contributed by atoms with Gasteiger partial charge in [-0.1, -0.05) is 12.1 Å². The van der Waals surface area contributed by atoms with Crippen molar-refractivity contribution in [3.8, 4) is 5.75 Å². The summed E-state index contributed by atoms with van der Waals surface area (Å²) in [5.41, 5.74) is 1.12. The van der Waals surface area contributed by atoms with Crippen LogP contribution in [-0.2, 0) is 13.1 Å². The molecule has 0 aliphatic carbocycles. The molecule has 0 radical (unpaired) electrons. The Kier molecular flexibility index (Phi) is 9.11. The molecule has 0 aliphatic heterocycles. The number of benzene rings is 1. The van der Waals surface area contributed by atoms with Crippen molar-refractivity contribution >= 4 is 29.9 Å². The summed E-state index contributed by atoms with van der Waals surface area (Å²) < 4.78 is 7.25. The second kappa shape index (κ2) is 10.9. The van der Waals surface area contributed by atoms with Crippen molar-refractivity contribution < 1.29 is 4.74 Å². The van der Waals surface area contributed by atoms with E-state index >= 15 is 0 Å². The third-order valence-corrected chi connectivity index (χ3v) is 3.12. The van der Waals surface area contributed by atoms with Crippen molar-refractivity contribution in [1.82, 2.24) is 20.2 Å². The second-order valence-electron chi connectivity index (χ2n) is 4.77. The average molecular weight is 429 g/mol. The lowest BCUT2D eigenvalue weighted by molar-refractivity contribution is 0.414. The fourth-order valence-electron chi connectivity index (χ4n) is 2.01. The lowest BCUT2D eigenvalue weighted by atomic mass is 10.2. The van der Waals surface area contributed by atoms with Crippen LogP contribution in [0.5, 0.6) is 5.75 Å². The first-order valence-electron chi connectivity index (χ1n) is 7.42. The Morgan fingerprint density at radius 2 is 2.22 bits per heavy atom. The standard InChI is InChI=1S/C16H23N5O.HI/c1-3-18-16(19-8-10-21-9-7-17-13-21)20-12-14-5-4-6-15(11-14)22-2;/h4-7,9,11,13H,3,8,10,12H2,1-2H3,(H2,18,19,20);1H. The Bertz CT molecular complexity index is 586. The lowest BCUT2D eigenvalue weighted by Crippen LogP contribution is -2.38. The minimum absolute atomic E-state index is 0. The van der Waals surface area contributed by atoms with Gasteiger partial charge in [0.15, 0.2) is 5.96 Å². The van der Waals surface area contributed by atoms with Gasteiger partial charge < -0.3 is 19.9 Å². The van der Waals surface area contributed by atoms with Gasteiger partial charge in [-0.2, -0.15) is 0 Å². The van der Waals surface area contributed by atoms with Crippen LogP contribution in [0.4, 0.5) is 0 Å². The number of methoxy groups -OCH3 is 1. The molecule has 0 saturated carbocycles. The quantitative estimate of drug-likeness (QED) is 0.403. The van der Waals surface area contributed by atoms with Crippen LogP contribution in [0.15, 0.2) is 48.0 Å². The van der Waals surface area contributed by atoms with Crippen LogP contribution in [0.2, 0.25) is 0 Å². The summed E-state index contributed by atoms with van der Waals surface area (Å²) in [4.78, 5) is 8.62. The molecule has 0 bridgehead atoms. The van der Waals surface area contributed by atoms with Gasteiger partial charge in [-0.3, -0.25) is 0 Å². The van der Waals surface area contributed by atoms with Gasteiger partial charge in [0.05, 0.1) is 20.0 Å². The van der Waals surface area contributed by atoms with Crippen molar-refractivity contribution in [2.24, 2.45) is 4.99 Å². The number of ether oxygens (including phenoxy) is 1. The summed E-state index contributed by atoms with van der Waals surface area (Å²) >= 11 is 0. The molecule has 7 heteroatoms. The summed E-state index contributed by atoms with van der Waals surface area (Å²) in [6, 6.07) is 7.95. The number of hydrogen-bond acceptors (Lipinski definition) is 3. The molecule has 23 heavy (non-hydrogen) atoms. The maximum Gasteiger partial charge on any atom is 0.191 e. The van der Waals surface area contributed by atoms with Crippen molar-refractivity contribution in [3.63, 3.8) is 0 Å². The molecule has 0 aliphatic rings. The SMILES string of the molecule is CCNC(=NCc1cccc(OC)c1)NCCn1ccnc1.I. The molecule has 2 N–H and O–H groups in total. The molecule has 0 atom stereocenters. The number of aromatic nitrogens is 2. The highest BCUT2D eigenvalue weighted by Gasteiger charge is 1.99. The second-order valence-corrected chi connectivity index (χ2v) is 4.77. The zero-order valence-electron chi connectivity index (χ0n) is 13.5. The number of guanidine groups is 1. The molecule has 0 amide bonds. The highest BCUT2D eigenvalue weighted by Crippen LogP contribution is 2.13. The molecular formula is C16H24IN5O. The van der Waals surface area contributed by atoms with Gasteiger partial charge in [0.25, 0.3) is 0 Å². The highest BCUT2D eigenvalue weighted by atomic mass is 127. The minimum atomic E-state index is 0. The first-order valence-corrected chi connectivity index (χ1v) is 7.42. The van der Waals surface area contributed by atoms with Crippen LogP contribution >= 0.6 is 24.0 Å². The van der Waals surface area contributed by atoms with Crippen molar-refractivity contribution in [1.29, 1.82) is 0 Å². The Balaban J connectivity index is 0.00000264. The molecule has 0 spiro atoms. The van der Waals surface area contributed by atoms with Gasteiger partial charge in [0.1, 0.15) is 5.75 Å². The fourth-order valence-corrected chi connectivity index (χ4v) is 2.01. The summed E-state index contributed by atoms with van der Waals surface area (Å²) in [6.07, 6.45) is 5.53. The maximum atomic E-state index is 5.23. The predicted octanol–water partition coefficient (Wildman–Crippen LogP) is 2.27. The molecule has 6 nitrogen and oxygen atoms in total. The molecular weight excluding hydrogens is 405 g/mol. The van der Waals surface area contributed by atoms with Gasteiger partial charge in [0, 0.05) is 32.0 Å². The predicted molar refractivity (Wildman–Crippen MR) is 103 cm³/mol. The van der Waals surface area contributed by atoms with Crippen molar-refractivity contribution in [2.45, 2.75) is 20.0 Å². The summed E-state index contributed by atoms with van der Waals surface area (Å²) in [7, 11) is 1.67. The molecule has 1 heterocycles. The Hall–Kier alpha value is -1.77. The van der Waals surface area contributed by atoms with Crippen molar-refractivity contribution in [3.05, 3.63) is 48.5 Å². The van der Waals surface area contributed by atoms with E-state index in [0.717, 1.165) is 36.9 Å². The smallest absolute Gasteiger partial charge is 0.191 e. The number of halogens is 1. The lowest BCUT2D eigenvalue weighted by Gasteiger charge is -2.11. The van der Waals surface area contributed by atoms with Crippen LogP contribution in [0.3, 0.4) is 0 Å². The fraction of sp³-hybridized carbons (Fsp3) is 0.375. The molecule has 0 fully saturated rings. The van der Waals surface area contributed by atoms with Crippen molar-refractivity contribution in [2.75, 3.05) is 20.2 Å². The monoisotopic (exact) mass is 429 g/mol. The molecule has 0 unspecified atom stereocenters. The molecule has 1 aromatic heterocycles. The van der Waals surface area contributed by atoms with Gasteiger partial charge >= 0.3 is 0 Å². The molecule has 2 rings (SSSR count). The zero-order chi connectivity index (χ0) is 15.6. The average Bonchev–Trinajstić information content (AvgIpc) is 3.06. The first kappa shape index (κ1) is 19.3.